The summed E-state index contributed by atoms with van der Waals surface area (Å²) in [7, 11) is -3.56. The lowest BCUT2D eigenvalue weighted by atomic mass is 10.4. The highest BCUT2D eigenvalue weighted by Gasteiger charge is 2.45. The molecule has 0 aromatic carbocycles. The van der Waals surface area contributed by atoms with Gasteiger partial charge in [-0.15, -0.1) is 0 Å². The topological polar surface area (TPSA) is 60.2 Å². The SMILES string of the molecule is NS(=O)(=O)C[C@H]1C[C@H]1C(F)F. The van der Waals surface area contributed by atoms with Gasteiger partial charge in [-0.05, 0) is 12.3 Å². The van der Waals surface area contributed by atoms with Gasteiger partial charge < -0.3 is 0 Å². The number of hydrogen-bond donors (Lipinski definition) is 1. The maximum absolute atomic E-state index is 11.8. The van der Waals surface area contributed by atoms with Crippen LogP contribution < -0.4 is 5.14 Å². The summed E-state index contributed by atoms with van der Waals surface area (Å²) in [6.07, 6.45) is -2.12. The number of rotatable bonds is 3. The number of alkyl halides is 2. The van der Waals surface area contributed by atoms with Gasteiger partial charge in [-0.1, -0.05) is 0 Å². The van der Waals surface area contributed by atoms with Crippen molar-refractivity contribution in [3.8, 4) is 0 Å². The molecular formula is C5H9F2NO2S. The molecule has 0 bridgehead atoms. The standard InChI is InChI=1S/C5H9F2NO2S/c6-5(7)4-1-3(4)2-11(8,9)10/h3-5H,1-2H2,(H2,8,9,10)/t3-,4-/m1/s1. The van der Waals surface area contributed by atoms with Gasteiger partial charge in [0.2, 0.25) is 16.4 Å². The molecule has 1 aliphatic rings. The Hall–Kier alpha value is -0.230. The van der Waals surface area contributed by atoms with Crippen molar-refractivity contribution >= 4 is 10.0 Å². The van der Waals surface area contributed by atoms with Crippen LogP contribution in [0.25, 0.3) is 0 Å². The van der Waals surface area contributed by atoms with Crippen LogP contribution in [0.4, 0.5) is 8.78 Å². The number of nitrogens with two attached hydrogens (primary N) is 1. The van der Waals surface area contributed by atoms with Crippen LogP contribution in [0.15, 0.2) is 0 Å². The molecule has 11 heavy (non-hydrogen) atoms. The Morgan fingerprint density at radius 1 is 1.55 bits per heavy atom. The number of hydrogen-bond acceptors (Lipinski definition) is 2. The van der Waals surface area contributed by atoms with E-state index in [2.05, 4.69) is 5.14 Å². The molecule has 1 saturated carbocycles. The third kappa shape index (κ3) is 2.70. The molecule has 3 nitrogen and oxygen atoms in total. The molecule has 1 fully saturated rings. The zero-order valence-electron chi connectivity index (χ0n) is 5.70. The molecule has 0 saturated heterocycles. The molecule has 66 valence electrons. The van der Waals surface area contributed by atoms with Crippen molar-refractivity contribution in [1.82, 2.24) is 0 Å². The molecule has 0 aliphatic heterocycles. The predicted molar refractivity (Wildman–Crippen MR) is 35.6 cm³/mol. The first kappa shape index (κ1) is 8.86. The van der Waals surface area contributed by atoms with E-state index in [9.17, 15) is 17.2 Å². The number of primary sulfonamides is 1. The van der Waals surface area contributed by atoms with E-state index in [1.165, 1.54) is 0 Å². The minimum Gasteiger partial charge on any atom is -0.229 e. The Morgan fingerprint density at radius 2 is 2.09 bits per heavy atom. The fraction of sp³-hybridized carbons (Fsp3) is 1.00. The first-order chi connectivity index (χ1) is 4.90. The number of sulfonamides is 1. The summed E-state index contributed by atoms with van der Waals surface area (Å²) in [5.74, 6) is -1.46. The van der Waals surface area contributed by atoms with Crippen LogP contribution in [-0.2, 0) is 10.0 Å². The maximum Gasteiger partial charge on any atom is 0.241 e. The molecule has 1 rings (SSSR count). The lowest BCUT2D eigenvalue weighted by Crippen LogP contribution is -2.18. The van der Waals surface area contributed by atoms with Crippen molar-refractivity contribution in [2.24, 2.45) is 17.0 Å². The summed E-state index contributed by atoms with van der Waals surface area (Å²) in [6, 6.07) is 0. The van der Waals surface area contributed by atoms with E-state index in [1.54, 1.807) is 0 Å². The van der Waals surface area contributed by atoms with Crippen LogP contribution in [0.2, 0.25) is 0 Å². The highest BCUT2D eigenvalue weighted by Crippen LogP contribution is 2.43. The zero-order valence-corrected chi connectivity index (χ0v) is 6.52. The van der Waals surface area contributed by atoms with Crippen LogP contribution >= 0.6 is 0 Å². The Morgan fingerprint density at radius 3 is 2.36 bits per heavy atom. The summed E-state index contributed by atoms with van der Waals surface area (Å²) >= 11 is 0. The van der Waals surface area contributed by atoms with E-state index in [0.29, 0.717) is 0 Å². The van der Waals surface area contributed by atoms with E-state index in [0.717, 1.165) is 0 Å². The number of halogens is 2. The molecule has 0 unspecified atom stereocenters. The van der Waals surface area contributed by atoms with Crippen LogP contribution in [0.3, 0.4) is 0 Å². The Bertz CT molecular complexity index is 239. The first-order valence-electron chi connectivity index (χ1n) is 3.19. The predicted octanol–water partition coefficient (Wildman–Crippen LogP) is 0.176. The van der Waals surface area contributed by atoms with Gasteiger partial charge in [0.25, 0.3) is 0 Å². The second kappa shape index (κ2) is 2.67. The molecule has 0 spiro atoms. The minimum absolute atomic E-state index is 0.286. The molecule has 0 aromatic rings. The molecule has 6 heteroatoms. The summed E-state index contributed by atoms with van der Waals surface area (Å²) < 4.78 is 44.4. The maximum atomic E-state index is 11.8. The van der Waals surface area contributed by atoms with Crippen LogP contribution in [0.5, 0.6) is 0 Å². The van der Waals surface area contributed by atoms with Gasteiger partial charge in [-0.2, -0.15) is 0 Å². The van der Waals surface area contributed by atoms with Gasteiger partial charge in [0, 0.05) is 5.92 Å². The summed E-state index contributed by atoms with van der Waals surface area (Å²) in [5, 5.41) is 4.67. The summed E-state index contributed by atoms with van der Waals surface area (Å²) in [5.41, 5.74) is 0. The second-order valence-corrected chi connectivity index (χ2v) is 4.48. The fourth-order valence-electron chi connectivity index (χ4n) is 1.07. The second-order valence-electron chi connectivity index (χ2n) is 2.82. The summed E-state index contributed by atoms with van der Waals surface area (Å²) in [6.45, 7) is 0. The van der Waals surface area contributed by atoms with Gasteiger partial charge in [-0.25, -0.2) is 22.3 Å². The highest BCUT2D eigenvalue weighted by atomic mass is 32.2. The average Bonchev–Trinajstić information content (AvgIpc) is 2.40. The van der Waals surface area contributed by atoms with Crippen molar-refractivity contribution in [3.63, 3.8) is 0 Å². The Kier molecular flexibility index (Phi) is 2.15. The van der Waals surface area contributed by atoms with Gasteiger partial charge in [0.15, 0.2) is 0 Å². The molecule has 0 aromatic heterocycles. The zero-order chi connectivity index (χ0) is 8.65. The normalized spacial score (nSPS) is 30.9. The van der Waals surface area contributed by atoms with Crippen LogP contribution in [0, 0.1) is 11.8 Å². The Labute approximate surface area is 63.6 Å². The summed E-state index contributed by atoms with van der Waals surface area (Å²) in [4.78, 5) is 0. The smallest absolute Gasteiger partial charge is 0.229 e. The quantitative estimate of drug-likeness (QED) is 0.681. The molecule has 1 aliphatic carbocycles. The van der Waals surface area contributed by atoms with Gasteiger partial charge in [0.05, 0.1) is 5.75 Å². The van der Waals surface area contributed by atoms with Crippen molar-refractivity contribution in [1.29, 1.82) is 0 Å². The average molecular weight is 185 g/mol. The van der Waals surface area contributed by atoms with Crippen molar-refractivity contribution in [2.75, 3.05) is 5.75 Å². The monoisotopic (exact) mass is 185 g/mol. The van der Waals surface area contributed by atoms with Crippen molar-refractivity contribution in [3.05, 3.63) is 0 Å². The first-order valence-corrected chi connectivity index (χ1v) is 4.90. The van der Waals surface area contributed by atoms with Gasteiger partial charge in [-0.3, -0.25) is 0 Å². The largest absolute Gasteiger partial charge is 0.241 e. The fourth-order valence-corrected chi connectivity index (χ4v) is 2.05. The van der Waals surface area contributed by atoms with Gasteiger partial charge in [0.1, 0.15) is 0 Å². The van der Waals surface area contributed by atoms with E-state index < -0.39 is 28.3 Å². The van der Waals surface area contributed by atoms with E-state index >= 15 is 0 Å². The minimum atomic E-state index is -3.56. The van der Waals surface area contributed by atoms with E-state index in [4.69, 9.17) is 0 Å². The van der Waals surface area contributed by atoms with Gasteiger partial charge >= 0.3 is 0 Å². The van der Waals surface area contributed by atoms with Crippen LogP contribution in [0.1, 0.15) is 6.42 Å². The molecule has 2 atom stereocenters. The lowest BCUT2D eigenvalue weighted by molar-refractivity contribution is 0.117. The molecule has 0 radical (unpaired) electrons. The van der Waals surface area contributed by atoms with E-state index in [-0.39, 0.29) is 12.2 Å². The third-order valence-corrected chi connectivity index (χ3v) is 2.64. The van der Waals surface area contributed by atoms with Crippen molar-refractivity contribution < 1.29 is 17.2 Å². The third-order valence-electron chi connectivity index (χ3n) is 1.75. The molecule has 2 N–H and O–H groups in total. The molecular weight excluding hydrogens is 176 g/mol. The highest BCUT2D eigenvalue weighted by molar-refractivity contribution is 7.89. The lowest BCUT2D eigenvalue weighted by Gasteiger charge is -1.95. The molecule has 0 heterocycles. The van der Waals surface area contributed by atoms with E-state index in [1.807, 2.05) is 0 Å². The van der Waals surface area contributed by atoms with Crippen LogP contribution in [-0.4, -0.2) is 20.6 Å². The molecule has 0 amide bonds. The Balaban J connectivity index is 2.35. The van der Waals surface area contributed by atoms with Crippen molar-refractivity contribution in [2.45, 2.75) is 12.8 Å².